The first-order valence-electron chi connectivity index (χ1n) is 9.30. The van der Waals surface area contributed by atoms with Crippen LogP contribution in [0.1, 0.15) is 11.1 Å². The minimum atomic E-state index is -0.507. The lowest BCUT2D eigenvalue weighted by molar-refractivity contribution is -0.112. The summed E-state index contributed by atoms with van der Waals surface area (Å²) in [6.07, 6.45) is 3.50. The molecule has 0 unspecified atom stereocenters. The van der Waals surface area contributed by atoms with E-state index in [2.05, 4.69) is 15.3 Å². The zero-order valence-electron chi connectivity index (χ0n) is 15.7. The third-order valence-corrected chi connectivity index (χ3v) is 4.75. The van der Waals surface area contributed by atoms with Crippen LogP contribution in [-0.4, -0.2) is 53.1 Å². The van der Waals surface area contributed by atoms with Crippen molar-refractivity contribution < 1.29 is 14.3 Å². The second-order valence-electron chi connectivity index (χ2n) is 6.65. The Hall–Kier alpha value is -3.65. The number of hydrogen-bond acceptors (Lipinski definition) is 4. The average molecular weight is 391 g/mol. The Morgan fingerprint density at radius 1 is 1.14 bits per heavy atom. The van der Waals surface area contributed by atoms with Crippen molar-refractivity contribution in [3.63, 3.8) is 0 Å². The molecular formula is C21H21N5O3. The number of aromatic amines is 1. The third kappa shape index (κ3) is 4.12. The van der Waals surface area contributed by atoms with Crippen LogP contribution in [0.4, 0.5) is 10.6 Å². The Kier molecular flexibility index (Phi) is 5.26. The second kappa shape index (κ2) is 8.15. The molecule has 0 bridgehead atoms. The van der Waals surface area contributed by atoms with Crippen molar-refractivity contribution in [2.45, 2.75) is 0 Å². The number of anilines is 1. The fourth-order valence-electron chi connectivity index (χ4n) is 3.24. The highest BCUT2D eigenvalue weighted by Crippen LogP contribution is 2.24. The Bertz CT molecular complexity index is 1070. The van der Waals surface area contributed by atoms with Crippen molar-refractivity contribution in [1.82, 2.24) is 14.9 Å². The van der Waals surface area contributed by atoms with Gasteiger partial charge >= 0.3 is 6.03 Å². The number of pyridine rings is 1. The predicted molar refractivity (Wildman–Crippen MR) is 111 cm³/mol. The number of carbonyl (C=O) groups is 2. The highest BCUT2D eigenvalue weighted by Gasteiger charge is 2.17. The molecule has 29 heavy (non-hydrogen) atoms. The summed E-state index contributed by atoms with van der Waals surface area (Å²) in [4.78, 5) is 33.5. The maximum Gasteiger partial charge on any atom is 0.323 e. The molecule has 0 aliphatic carbocycles. The largest absolute Gasteiger partial charge is 0.378 e. The van der Waals surface area contributed by atoms with Gasteiger partial charge in [0.1, 0.15) is 11.5 Å². The zero-order valence-corrected chi connectivity index (χ0v) is 15.7. The van der Waals surface area contributed by atoms with Gasteiger partial charge in [-0.05, 0) is 23.8 Å². The topological polar surface area (TPSA) is 113 Å². The number of primary amides is 1. The van der Waals surface area contributed by atoms with Crippen LogP contribution in [0.25, 0.3) is 22.7 Å². The van der Waals surface area contributed by atoms with Crippen LogP contribution in [0.2, 0.25) is 0 Å². The molecule has 4 N–H and O–H groups in total. The number of amides is 3. The van der Waals surface area contributed by atoms with Crippen molar-refractivity contribution in [2.24, 2.45) is 5.73 Å². The molecule has 1 aliphatic heterocycles. The smallest absolute Gasteiger partial charge is 0.323 e. The van der Waals surface area contributed by atoms with E-state index in [9.17, 15) is 9.59 Å². The monoisotopic (exact) mass is 391 g/mol. The van der Waals surface area contributed by atoms with Gasteiger partial charge in [-0.3, -0.25) is 10.1 Å². The van der Waals surface area contributed by atoms with Crippen LogP contribution in [0.15, 0.2) is 48.7 Å². The molecule has 8 heteroatoms. The lowest BCUT2D eigenvalue weighted by Crippen LogP contribution is -2.43. The lowest BCUT2D eigenvalue weighted by atomic mass is 10.0. The summed E-state index contributed by atoms with van der Waals surface area (Å²) < 4.78 is 5.26. The number of nitrogens with two attached hydrogens (primary N) is 1. The molecule has 8 nitrogen and oxygen atoms in total. The normalized spacial score (nSPS) is 14.8. The standard InChI is InChI=1S/C21H21N5O3/c22-19(27)17(14-4-2-1-3-5-14)12-15-13-23-20-16(15)6-7-18(24-20)25-21(28)26-8-10-29-11-9-26/h1-7,12-13H,8-11H2,(H2,22,27)(H2,23,24,25,28)/b17-12-. The molecular weight excluding hydrogens is 370 g/mol. The molecule has 0 atom stereocenters. The first-order chi connectivity index (χ1) is 14.1. The Morgan fingerprint density at radius 2 is 1.90 bits per heavy atom. The molecule has 1 fully saturated rings. The summed E-state index contributed by atoms with van der Waals surface area (Å²) in [6, 6.07) is 12.6. The van der Waals surface area contributed by atoms with E-state index in [-0.39, 0.29) is 6.03 Å². The van der Waals surface area contributed by atoms with Crippen LogP contribution < -0.4 is 11.1 Å². The zero-order chi connectivity index (χ0) is 20.2. The predicted octanol–water partition coefficient (Wildman–Crippen LogP) is 2.45. The summed E-state index contributed by atoms with van der Waals surface area (Å²) in [5, 5.41) is 3.63. The Labute approximate surface area is 167 Å². The van der Waals surface area contributed by atoms with Crippen LogP contribution in [0.3, 0.4) is 0 Å². The van der Waals surface area contributed by atoms with E-state index in [0.29, 0.717) is 43.3 Å². The highest BCUT2D eigenvalue weighted by molar-refractivity contribution is 6.24. The van der Waals surface area contributed by atoms with Gasteiger partial charge in [0.15, 0.2) is 0 Å². The van der Waals surface area contributed by atoms with E-state index >= 15 is 0 Å². The van der Waals surface area contributed by atoms with Crippen molar-refractivity contribution >= 4 is 40.4 Å². The van der Waals surface area contributed by atoms with E-state index in [4.69, 9.17) is 10.5 Å². The number of rotatable bonds is 4. The summed E-state index contributed by atoms with van der Waals surface area (Å²) in [7, 11) is 0. The fourth-order valence-corrected chi connectivity index (χ4v) is 3.24. The number of hydrogen-bond donors (Lipinski definition) is 3. The molecule has 3 amide bonds. The maximum absolute atomic E-state index is 12.3. The summed E-state index contributed by atoms with van der Waals surface area (Å²) in [6.45, 7) is 2.19. The fraction of sp³-hybridized carbons (Fsp3) is 0.190. The minimum absolute atomic E-state index is 0.202. The number of carbonyl (C=O) groups excluding carboxylic acids is 2. The van der Waals surface area contributed by atoms with Gasteiger partial charge in [0.05, 0.1) is 13.2 Å². The molecule has 1 saturated heterocycles. The molecule has 1 aliphatic rings. The van der Waals surface area contributed by atoms with Crippen molar-refractivity contribution in [1.29, 1.82) is 0 Å². The number of morpholine rings is 1. The van der Waals surface area contributed by atoms with E-state index in [1.807, 2.05) is 36.4 Å². The molecule has 0 saturated carbocycles. The van der Waals surface area contributed by atoms with Crippen LogP contribution in [0.5, 0.6) is 0 Å². The summed E-state index contributed by atoms with van der Waals surface area (Å²) in [5.41, 5.74) is 8.14. The van der Waals surface area contributed by atoms with Gasteiger partial charge in [0.25, 0.3) is 0 Å². The van der Waals surface area contributed by atoms with Gasteiger partial charge in [-0.1, -0.05) is 30.3 Å². The first-order valence-corrected chi connectivity index (χ1v) is 9.30. The van der Waals surface area contributed by atoms with Gasteiger partial charge in [0.2, 0.25) is 5.91 Å². The van der Waals surface area contributed by atoms with Gasteiger partial charge in [-0.15, -0.1) is 0 Å². The minimum Gasteiger partial charge on any atom is -0.378 e. The second-order valence-corrected chi connectivity index (χ2v) is 6.65. The molecule has 1 aromatic carbocycles. The maximum atomic E-state index is 12.3. The number of ether oxygens (including phenoxy) is 1. The number of urea groups is 1. The number of fused-ring (bicyclic) bond motifs is 1. The van der Waals surface area contributed by atoms with Crippen molar-refractivity contribution in [2.75, 3.05) is 31.6 Å². The van der Waals surface area contributed by atoms with E-state index in [0.717, 1.165) is 16.5 Å². The number of H-pyrrole nitrogens is 1. The molecule has 0 spiro atoms. The van der Waals surface area contributed by atoms with Crippen LogP contribution in [0, 0.1) is 0 Å². The lowest BCUT2D eigenvalue weighted by Gasteiger charge is -2.26. The number of benzene rings is 1. The molecule has 148 valence electrons. The molecule has 3 heterocycles. The van der Waals surface area contributed by atoms with Gasteiger partial charge < -0.3 is 20.4 Å². The van der Waals surface area contributed by atoms with Gasteiger partial charge in [0, 0.05) is 35.8 Å². The first kappa shape index (κ1) is 18.7. The molecule has 4 rings (SSSR count). The average Bonchev–Trinajstić information content (AvgIpc) is 3.15. The highest BCUT2D eigenvalue weighted by atomic mass is 16.5. The van der Waals surface area contributed by atoms with Gasteiger partial charge in [-0.25, -0.2) is 9.78 Å². The van der Waals surface area contributed by atoms with Gasteiger partial charge in [-0.2, -0.15) is 0 Å². The Morgan fingerprint density at radius 3 is 2.62 bits per heavy atom. The van der Waals surface area contributed by atoms with Crippen LogP contribution in [-0.2, 0) is 9.53 Å². The molecule has 0 radical (unpaired) electrons. The number of aromatic nitrogens is 2. The van der Waals surface area contributed by atoms with Crippen LogP contribution >= 0.6 is 0 Å². The van der Waals surface area contributed by atoms with E-state index in [1.54, 1.807) is 23.2 Å². The third-order valence-electron chi connectivity index (χ3n) is 4.75. The SMILES string of the molecule is NC(=O)/C(=C\c1c[nH]c2nc(NC(=O)N3CCOCC3)ccc12)c1ccccc1. The molecule has 2 aromatic heterocycles. The summed E-state index contributed by atoms with van der Waals surface area (Å²) in [5.74, 6) is -0.0579. The van der Waals surface area contributed by atoms with Crippen molar-refractivity contribution in [3.05, 3.63) is 59.8 Å². The number of nitrogens with one attached hydrogen (secondary N) is 2. The number of nitrogens with zero attached hydrogens (tertiary/aromatic N) is 2. The van der Waals surface area contributed by atoms with Crippen molar-refractivity contribution in [3.8, 4) is 0 Å². The molecule has 3 aromatic rings. The van der Waals surface area contributed by atoms with E-state index in [1.165, 1.54) is 0 Å². The quantitative estimate of drug-likeness (QED) is 0.593. The van der Waals surface area contributed by atoms with E-state index < -0.39 is 5.91 Å². The Balaban J connectivity index is 1.59. The summed E-state index contributed by atoms with van der Waals surface area (Å²) >= 11 is 0.